The molecule has 5 nitrogen and oxygen atoms in total. The van der Waals surface area contributed by atoms with E-state index in [4.69, 9.17) is 10.2 Å². The van der Waals surface area contributed by atoms with Crippen molar-refractivity contribution in [3.8, 4) is 0 Å². The van der Waals surface area contributed by atoms with Gasteiger partial charge in [-0.05, 0) is 13.8 Å². The SMILES string of the molecule is CC(O)C(C(C)O)=[N+]([O-])[O-].[Na+]. The molecule has 0 fully saturated rings. The van der Waals surface area contributed by atoms with Crippen LogP contribution in [0.1, 0.15) is 13.8 Å². The molecule has 0 aromatic rings. The first-order valence-corrected chi connectivity index (χ1v) is 2.84. The molecule has 0 heterocycles. The van der Waals surface area contributed by atoms with E-state index in [9.17, 15) is 10.4 Å². The van der Waals surface area contributed by atoms with E-state index in [0.29, 0.717) is 0 Å². The van der Waals surface area contributed by atoms with Gasteiger partial charge in [-0.2, -0.15) is 4.90 Å². The van der Waals surface area contributed by atoms with Crippen LogP contribution in [0.25, 0.3) is 0 Å². The molecule has 0 aliphatic carbocycles. The Labute approximate surface area is 86.8 Å². The predicted molar refractivity (Wildman–Crippen MR) is 35.4 cm³/mol. The molecule has 0 saturated carbocycles. The molecule has 6 heteroatoms. The molecule has 2 unspecified atom stereocenters. The van der Waals surface area contributed by atoms with Gasteiger partial charge < -0.3 is 20.6 Å². The summed E-state index contributed by atoms with van der Waals surface area (Å²) < 4.78 is 0. The summed E-state index contributed by atoms with van der Waals surface area (Å²) in [7, 11) is 0. The van der Waals surface area contributed by atoms with Crippen LogP contribution in [-0.4, -0.2) is 33.0 Å². The van der Waals surface area contributed by atoms with Crippen LogP contribution in [0.3, 0.4) is 0 Å². The van der Waals surface area contributed by atoms with Crippen LogP contribution in [0.2, 0.25) is 0 Å². The molecule has 0 aromatic carbocycles. The summed E-state index contributed by atoms with van der Waals surface area (Å²) in [5.41, 5.74) is -0.472. The fourth-order valence-corrected chi connectivity index (χ4v) is 0.654. The Balaban J connectivity index is 0. The van der Waals surface area contributed by atoms with Gasteiger partial charge in [0.2, 0.25) is 5.71 Å². The average Bonchev–Trinajstić information content (AvgIpc) is 1.59. The van der Waals surface area contributed by atoms with E-state index in [1.807, 2.05) is 0 Å². The van der Waals surface area contributed by atoms with Crippen molar-refractivity contribution in [3.63, 3.8) is 0 Å². The molecule has 11 heavy (non-hydrogen) atoms. The van der Waals surface area contributed by atoms with Gasteiger partial charge in [0, 0.05) is 0 Å². The first kappa shape index (κ1) is 13.8. The largest absolute Gasteiger partial charge is 1.00 e. The Morgan fingerprint density at radius 1 is 1.18 bits per heavy atom. The molecular formula is C5H10NNaO4. The summed E-state index contributed by atoms with van der Waals surface area (Å²) >= 11 is 0. The average molecular weight is 171 g/mol. The van der Waals surface area contributed by atoms with Crippen LogP contribution in [0.15, 0.2) is 0 Å². The van der Waals surface area contributed by atoms with Gasteiger partial charge in [0.05, 0.1) is 0 Å². The minimum absolute atomic E-state index is 0. The molecule has 2 N–H and O–H groups in total. The summed E-state index contributed by atoms with van der Waals surface area (Å²) in [6.45, 7) is 2.48. The first-order valence-electron chi connectivity index (χ1n) is 2.84. The summed E-state index contributed by atoms with van der Waals surface area (Å²) in [5, 5.41) is 37.5. The van der Waals surface area contributed by atoms with Crippen LogP contribution in [0.4, 0.5) is 0 Å². The molecule has 0 bridgehead atoms. The van der Waals surface area contributed by atoms with Crippen molar-refractivity contribution in [2.75, 3.05) is 0 Å². The minimum atomic E-state index is -1.20. The monoisotopic (exact) mass is 171 g/mol. The Kier molecular flexibility index (Phi) is 7.24. The Morgan fingerprint density at radius 3 is 1.45 bits per heavy atom. The summed E-state index contributed by atoms with van der Waals surface area (Å²) in [6, 6.07) is 0. The third kappa shape index (κ3) is 4.60. The molecule has 0 amide bonds. The second-order valence-corrected chi connectivity index (χ2v) is 2.03. The Hall–Kier alpha value is 0.190. The smallest absolute Gasteiger partial charge is 0.612 e. The number of nitrogens with zero attached hydrogens (tertiary/aromatic N) is 1. The van der Waals surface area contributed by atoms with Crippen molar-refractivity contribution < 1.29 is 44.7 Å². The second kappa shape index (κ2) is 5.79. The molecule has 0 aliphatic heterocycles. The van der Waals surface area contributed by atoms with Crippen molar-refractivity contribution in [2.24, 2.45) is 0 Å². The summed E-state index contributed by atoms with van der Waals surface area (Å²) in [4.78, 5) is -0.769. The van der Waals surface area contributed by atoms with Crippen molar-refractivity contribution in [2.45, 2.75) is 26.1 Å². The molecule has 0 saturated heterocycles. The quantitative estimate of drug-likeness (QED) is 0.193. The Bertz CT molecular complexity index is 131. The normalized spacial score (nSPS) is 14.5. The van der Waals surface area contributed by atoms with Gasteiger partial charge in [-0.15, -0.1) is 0 Å². The number of rotatable bonds is 2. The molecule has 0 spiro atoms. The maximum absolute atomic E-state index is 10.0. The number of aliphatic hydroxyl groups excluding tert-OH is 2. The molecule has 2 atom stereocenters. The minimum Gasteiger partial charge on any atom is -0.612 e. The van der Waals surface area contributed by atoms with Crippen LogP contribution >= 0.6 is 0 Å². The third-order valence-electron chi connectivity index (χ3n) is 1.07. The van der Waals surface area contributed by atoms with E-state index in [-0.39, 0.29) is 29.6 Å². The van der Waals surface area contributed by atoms with E-state index < -0.39 is 22.8 Å². The van der Waals surface area contributed by atoms with Gasteiger partial charge in [-0.3, -0.25) is 0 Å². The van der Waals surface area contributed by atoms with Crippen LogP contribution in [0.5, 0.6) is 0 Å². The maximum Gasteiger partial charge on any atom is 1.00 e. The van der Waals surface area contributed by atoms with Gasteiger partial charge in [0.25, 0.3) is 0 Å². The van der Waals surface area contributed by atoms with Gasteiger partial charge in [0.15, 0.2) is 0 Å². The second-order valence-electron chi connectivity index (χ2n) is 2.03. The zero-order chi connectivity index (χ0) is 8.31. The molecule has 60 valence electrons. The van der Waals surface area contributed by atoms with E-state index in [1.165, 1.54) is 13.8 Å². The maximum atomic E-state index is 10.0. The van der Waals surface area contributed by atoms with Gasteiger partial charge in [0.1, 0.15) is 12.2 Å². The van der Waals surface area contributed by atoms with E-state index in [1.54, 1.807) is 0 Å². The van der Waals surface area contributed by atoms with Crippen LogP contribution < -0.4 is 29.6 Å². The van der Waals surface area contributed by atoms with Crippen molar-refractivity contribution >= 4 is 5.71 Å². The standard InChI is InChI=1S/C5H10NO4.Na/c1-3(7)5(4(2)8)6(9)10;/h3-4,7-8H,1-2H3;/q-1;+1. The zero-order valence-electron chi connectivity index (χ0n) is 6.81. The molecule has 0 aromatic heterocycles. The van der Waals surface area contributed by atoms with Crippen LogP contribution in [-0.2, 0) is 0 Å². The molecule has 0 radical (unpaired) electrons. The fourth-order valence-electron chi connectivity index (χ4n) is 0.654. The van der Waals surface area contributed by atoms with Crippen molar-refractivity contribution in [1.29, 1.82) is 0 Å². The van der Waals surface area contributed by atoms with Crippen molar-refractivity contribution in [3.05, 3.63) is 10.4 Å². The summed E-state index contributed by atoms with van der Waals surface area (Å²) in [6.07, 6.45) is -2.40. The van der Waals surface area contributed by atoms with E-state index >= 15 is 0 Å². The van der Waals surface area contributed by atoms with Gasteiger partial charge in [-0.1, -0.05) is 0 Å². The number of aliphatic hydroxyl groups is 2. The van der Waals surface area contributed by atoms with Gasteiger partial charge >= 0.3 is 29.6 Å². The summed E-state index contributed by atoms with van der Waals surface area (Å²) in [5.74, 6) is 0. The third-order valence-corrected chi connectivity index (χ3v) is 1.07. The van der Waals surface area contributed by atoms with E-state index in [0.717, 1.165) is 0 Å². The van der Waals surface area contributed by atoms with E-state index in [2.05, 4.69) is 0 Å². The topological polar surface area (TPSA) is 89.6 Å². The molecule has 0 rings (SSSR count). The zero-order valence-corrected chi connectivity index (χ0v) is 8.81. The predicted octanol–water partition coefficient (Wildman–Crippen LogP) is -3.80. The number of hydrogen-bond acceptors (Lipinski definition) is 4. The first-order chi connectivity index (χ1) is 4.46. The number of hydrogen-bond donors (Lipinski definition) is 2. The fraction of sp³-hybridized carbons (Fsp3) is 0.800. The molecule has 0 aliphatic rings. The van der Waals surface area contributed by atoms with Gasteiger partial charge in [-0.25, -0.2) is 0 Å². The van der Waals surface area contributed by atoms with Crippen LogP contribution in [0, 0.1) is 10.4 Å². The molecular weight excluding hydrogens is 161 g/mol. The van der Waals surface area contributed by atoms with Crippen molar-refractivity contribution in [1.82, 2.24) is 0 Å². The Morgan fingerprint density at radius 2 is 1.45 bits per heavy atom.